The van der Waals surface area contributed by atoms with Gasteiger partial charge in [-0.25, -0.2) is 0 Å². The van der Waals surface area contributed by atoms with Crippen LogP contribution < -0.4 is 11.1 Å². The van der Waals surface area contributed by atoms with Crippen molar-refractivity contribution in [1.29, 1.82) is 0 Å². The summed E-state index contributed by atoms with van der Waals surface area (Å²) in [6, 6.07) is 0. The highest BCUT2D eigenvalue weighted by atomic mass is 16.5. The third-order valence-electron chi connectivity index (χ3n) is 2.53. The number of hydrogen-bond donors (Lipinski definition) is 2. The molecular weight excluding hydrogens is 184 g/mol. The second kappa shape index (κ2) is 3.06. The topological polar surface area (TPSA) is 94.0 Å². The average molecular weight is 196 g/mol. The van der Waals surface area contributed by atoms with Gasteiger partial charge in [0.05, 0.1) is 5.54 Å². The molecule has 0 radical (unpaired) electrons. The zero-order valence-corrected chi connectivity index (χ0v) is 7.91. The maximum absolute atomic E-state index is 11.1. The molecular formula is C8H12N4O2. The van der Waals surface area contributed by atoms with Gasteiger partial charge in [-0.3, -0.25) is 4.79 Å². The van der Waals surface area contributed by atoms with E-state index in [0.29, 0.717) is 5.89 Å². The summed E-state index contributed by atoms with van der Waals surface area (Å²) in [5, 5.41) is 5.97. The van der Waals surface area contributed by atoms with E-state index in [9.17, 15) is 4.79 Å². The summed E-state index contributed by atoms with van der Waals surface area (Å²) in [4.78, 5) is 15.1. The molecule has 0 aromatic carbocycles. The van der Waals surface area contributed by atoms with Crippen molar-refractivity contribution >= 4 is 5.91 Å². The molecule has 0 aliphatic heterocycles. The van der Waals surface area contributed by atoms with E-state index in [2.05, 4.69) is 15.5 Å². The molecule has 1 aromatic heterocycles. The maximum Gasteiger partial charge on any atom is 0.292 e. The first-order valence-electron chi connectivity index (χ1n) is 4.51. The summed E-state index contributed by atoms with van der Waals surface area (Å²) >= 11 is 0. The van der Waals surface area contributed by atoms with E-state index in [-0.39, 0.29) is 11.7 Å². The van der Waals surface area contributed by atoms with Crippen LogP contribution in [0.3, 0.4) is 0 Å². The van der Waals surface area contributed by atoms with Crippen molar-refractivity contribution < 1.29 is 9.32 Å². The number of hydrogen-bond acceptors (Lipinski definition) is 5. The minimum absolute atomic E-state index is 0.0409. The Morgan fingerprint density at radius 1 is 1.64 bits per heavy atom. The first kappa shape index (κ1) is 9.14. The molecule has 1 aromatic rings. The van der Waals surface area contributed by atoms with Gasteiger partial charge >= 0.3 is 0 Å². The summed E-state index contributed by atoms with van der Waals surface area (Å²) in [6.07, 6.45) is 2.74. The number of nitrogens with two attached hydrogens (primary N) is 1. The lowest BCUT2D eigenvalue weighted by Crippen LogP contribution is -2.43. The molecule has 76 valence electrons. The zero-order valence-electron chi connectivity index (χ0n) is 7.91. The summed E-state index contributed by atoms with van der Waals surface area (Å²) in [6.45, 7) is 0. The molecule has 6 nitrogen and oxygen atoms in total. The lowest BCUT2D eigenvalue weighted by atomic mass is 9.78. The Labute approximate surface area is 80.9 Å². The highest BCUT2D eigenvalue weighted by molar-refractivity contribution is 5.89. The molecule has 1 aliphatic carbocycles. The number of amides is 1. The quantitative estimate of drug-likeness (QED) is 0.681. The molecule has 1 aliphatic rings. The predicted octanol–water partition coefficient (Wildman–Crippen LogP) is -0.233. The first-order valence-corrected chi connectivity index (χ1v) is 4.51. The SMILES string of the molecule is CNC(=O)c1noc(C2(N)CCC2)n1. The molecule has 1 fully saturated rings. The number of aromatic nitrogens is 2. The Balaban J connectivity index is 2.21. The van der Waals surface area contributed by atoms with Crippen LogP contribution in [0.5, 0.6) is 0 Å². The molecule has 0 saturated heterocycles. The highest BCUT2D eigenvalue weighted by Crippen LogP contribution is 2.37. The second-order valence-electron chi connectivity index (χ2n) is 3.51. The first-order chi connectivity index (χ1) is 6.65. The van der Waals surface area contributed by atoms with Gasteiger partial charge in [-0.15, -0.1) is 0 Å². The molecule has 1 amide bonds. The van der Waals surface area contributed by atoms with Crippen LogP contribution in [0.4, 0.5) is 0 Å². The minimum atomic E-state index is -0.501. The largest absolute Gasteiger partial charge is 0.352 e. The predicted molar refractivity (Wildman–Crippen MR) is 47.4 cm³/mol. The van der Waals surface area contributed by atoms with Crippen molar-refractivity contribution in [3.63, 3.8) is 0 Å². The van der Waals surface area contributed by atoms with Crippen LogP contribution in [0.25, 0.3) is 0 Å². The Hall–Kier alpha value is -1.43. The number of carbonyl (C=O) groups excluding carboxylic acids is 1. The molecule has 0 atom stereocenters. The van der Waals surface area contributed by atoms with Crippen molar-refractivity contribution in [2.75, 3.05) is 7.05 Å². The Bertz CT molecular complexity index is 356. The molecule has 1 saturated carbocycles. The van der Waals surface area contributed by atoms with Gasteiger partial charge in [-0.2, -0.15) is 4.98 Å². The molecule has 0 spiro atoms. The van der Waals surface area contributed by atoms with Gasteiger partial charge in [0.25, 0.3) is 11.7 Å². The van der Waals surface area contributed by atoms with E-state index in [4.69, 9.17) is 10.3 Å². The number of carbonyl (C=O) groups is 1. The molecule has 14 heavy (non-hydrogen) atoms. The van der Waals surface area contributed by atoms with E-state index in [1.54, 1.807) is 0 Å². The van der Waals surface area contributed by atoms with Gasteiger partial charge in [0, 0.05) is 7.05 Å². The van der Waals surface area contributed by atoms with Crippen molar-refractivity contribution in [3.8, 4) is 0 Å². The van der Waals surface area contributed by atoms with Crippen LogP contribution >= 0.6 is 0 Å². The molecule has 6 heteroatoms. The summed E-state index contributed by atoms with van der Waals surface area (Å²) in [5.74, 6) is 0.0458. The number of nitrogens with one attached hydrogen (secondary N) is 1. The lowest BCUT2D eigenvalue weighted by Gasteiger charge is -2.33. The van der Waals surface area contributed by atoms with E-state index < -0.39 is 5.54 Å². The van der Waals surface area contributed by atoms with E-state index >= 15 is 0 Å². The average Bonchev–Trinajstić information content (AvgIpc) is 2.62. The number of nitrogens with zero attached hydrogens (tertiary/aromatic N) is 2. The summed E-state index contributed by atoms with van der Waals surface area (Å²) < 4.78 is 4.95. The zero-order chi connectivity index (χ0) is 10.2. The van der Waals surface area contributed by atoms with Crippen molar-refractivity contribution in [2.24, 2.45) is 5.73 Å². The maximum atomic E-state index is 11.1. The molecule has 0 unspecified atom stereocenters. The Morgan fingerprint density at radius 3 is 2.86 bits per heavy atom. The van der Waals surface area contributed by atoms with Gasteiger partial charge in [-0.05, 0) is 19.3 Å². The third kappa shape index (κ3) is 1.27. The second-order valence-corrected chi connectivity index (χ2v) is 3.51. The highest BCUT2D eigenvalue weighted by Gasteiger charge is 2.40. The van der Waals surface area contributed by atoms with Gasteiger partial charge in [0.1, 0.15) is 0 Å². The minimum Gasteiger partial charge on any atom is -0.352 e. The van der Waals surface area contributed by atoms with Gasteiger partial charge in [0.2, 0.25) is 5.89 Å². The number of rotatable bonds is 2. The standard InChI is InChI=1S/C8H12N4O2/c1-10-6(13)5-11-7(14-12-5)8(9)3-2-4-8/h2-4,9H2,1H3,(H,10,13). The Kier molecular flexibility index (Phi) is 1.99. The summed E-state index contributed by atoms with van der Waals surface area (Å²) in [7, 11) is 1.51. The van der Waals surface area contributed by atoms with Crippen LogP contribution in [0.1, 0.15) is 35.8 Å². The van der Waals surface area contributed by atoms with Crippen LogP contribution in [0.15, 0.2) is 4.52 Å². The fourth-order valence-corrected chi connectivity index (χ4v) is 1.40. The van der Waals surface area contributed by atoms with E-state index in [0.717, 1.165) is 19.3 Å². The molecule has 2 rings (SSSR count). The van der Waals surface area contributed by atoms with Crippen molar-refractivity contribution in [1.82, 2.24) is 15.5 Å². The lowest BCUT2D eigenvalue weighted by molar-refractivity contribution is 0.0949. The normalized spacial score (nSPS) is 18.7. The van der Waals surface area contributed by atoms with E-state index in [1.165, 1.54) is 7.05 Å². The molecule has 1 heterocycles. The van der Waals surface area contributed by atoms with Crippen molar-refractivity contribution in [3.05, 3.63) is 11.7 Å². The molecule has 0 bridgehead atoms. The van der Waals surface area contributed by atoms with Gasteiger partial charge < -0.3 is 15.6 Å². The van der Waals surface area contributed by atoms with E-state index in [1.807, 2.05) is 0 Å². The fourth-order valence-electron chi connectivity index (χ4n) is 1.40. The third-order valence-corrected chi connectivity index (χ3v) is 2.53. The van der Waals surface area contributed by atoms with Crippen LogP contribution in [-0.4, -0.2) is 23.1 Å². The summed E-state index contributed by atoms with van der Waals surface area (Å²) in [5.41, 5.74) is 5.45. The van der Waals surface area contributed by atoms with Crippen molar-refractivity contribution in [2.45, 2.75) is 24.8 Å². The van der Waals surface area contributed by atoms with Crippen LogP contribution in [0.2, 0.25) is 0 Å². The van der Waals surface area contributed by atoms with Crippen LogP contribution in [0, 0.1) is 0 Å². The fraction of sp³-hybridized carbons (Fsp3) is 0.625. The Morgan fingerprint density at radius 2 is 2.36 bits per heavy atom. The molecule has 3 N–H and O–H groups in total. The smallest absolute Gasteiger partial charge is 0.292 e. The monoisotopic (exact) mass is 196 g/mol. The van der Waals surface area contributed by atoms with Gasteiger partial charge in [0.15, 0.2) is 0 Å². The van der Waals surface area contributed by atoms with Gasteiger partial charge in [-0.1, -0.05) is 5.16 Å². The van der Waals surface area contributed by atoms with Crippen LogP contribution in [-0.2, 0) is 5.54 Å².